The van der Waals surface area contributed by atoms with Crippen molar-refractivity contribution >= 4 is 11.3 Å². The molecule has 1 rings (SSSR count). The predicted molar refractivity (Wildman–Crippen MR) is 54.0 cm³/mol. The molecule has 1 aromatic rings. The van der Waals surface area contributed by atoms with Crippen LogP contribution in [0.3, 0.4) is 0 Å². The molecule has 1 unspecified atom stereocenters. The summed E-state index contributed by atoms with van der Waals surface area (Å²) in [4.78, 5) is 1.45. The Morgan fingerprint density at radius 2 is 2.50 bits per heavy atom. The SMILES string of the molecule is CCC(CCc1cccs1)NN. The minimum atomic E-state index is 0.465. The second-order valence-corrected chi connectivity index (χ2v) is 3.92. The van der Waals surface area contributed by atoms with Crippen LogP contribution in [0.25, 0.3) is 0 Å². The molecule has 0 saturated carbocycles. The fraction of sp³-hybridized carbons (Fsp3) is 0.556. The smallest absolute Gasteiger partial charge is 0.0211 e. The van der Waals surface area contributed by atoms with Gasteiger partial charge in [-0.25, -0.2) is 0 Å². The van der Waals surface area contributed by atoms with Crippen molar-refractivity contribution in [2.45, 2.75) is 32.2 Å². The van der Waals surface area contributed by atoms with Crippen molar-refractivity contribution in [2.75, 3.05) is 0 Å². The topological polar surface area (TPSA) is 38.0 Å². The molecule has 0 amide bonds. The summed E-state index contributed by atoms with van der Waals surface area (Å²) in [7, 11) is 0. The fourth-order valence-corrected chi connectivity index (χ4v) is 1.90. The Morgan fingerprint density at radius 1 is 1.67 bits per heavy atom. The Hall–Kier alpha value is -0.380. The third kappa shape index (κ3) is 2.93. The first-order valence-electron chi connectivity index (χ1n) is 4.35. The van der Waals surface area contributed by atoms with Gasteiger partial charge in [0.05, 0.1) is 0 Å². The van der Waals surface area contributed by atoms with Gasteiger partial charge in [-0.1, -0.05) is 13.0 Å². The van der Waals surface area contributed by atoms with Gasteiger partial charge in [0.1, 0.15) is 0 Å². The second kappa shape index (κ2) is 5.30. The number of rotatable bonds is 5. The number of nitrogens with one attached hydrogen (secondary N) is 1. The summed E-state index contributed by atoms with van der Waals surface area (Å²) in [6, 6.07) is 4.73. The van der Waals surface area contributed by atoms with Gasteiger partial charge >= 0.3 is 0 Å². The molecule has 1 heterocycles. The van der Waals surface area contributed by atoms with E-state index in [1.165, 1.54) is 4.88 Å². The van der Waals surface area contributed by atoms with Crippen molar-refractivity contribution in [3.05, 3.63) is 22.4 Å². The van der Waals surface area contributed by atoms with E-state index in [2.05, 4.69) is 29.9 Å². The molecule has 2 nitrogen and oxygen atoms in total. The Kier molecular flexibility index (Phi) is 4.29. The highest BCUT2D eigenvalue weighted by atomic mass is 32.1. The maximum absolute atomic E-state index is 5.38. The van der Waals surface area contributed by atoms with Gasteiger partial charge < -0.3 is 0 Å². The maximum atomic E-state index is 5.38. The largest absolute Gasteiger partial charge is 0.271 e. The van der Waals surface area contributed by atoms with E-state index in [9.17, 15) is 0 Å². The van der Waals surface area contributed by atoms with Crippen molar-refractivity contribution in [2.24, 2.45) is 5.84 Å². The molecule has 1 atom stereocenters. The monoisotopic (exact) mass is 184 g/mol. The Morgan fingerprint density at radius 3 is 3.00 bits per heavy atom. The molecule has 0 spiro atoms. The lowest BCUT2D eigenvalue weighted by molar-refractivity contribution is 0.482. The van der Waals surface area contributed by atoms with E-state index in [1.807, 2.05) is 11.3 Å². The van der Waals surface area contributed by atoms with Gasteiger partial charge in [0, 0.05) is 10.9 Å². The first kappa shape index (κ1) is 9.71. The average Bonchev–Trinajstić information content (AvgIpc) is 2.59. The molecule has 0 bridgehead atoms. The zero-order valence-electron chi connectivity index (χ0n) is 7.42. The third-order valence-corrected chi connectivity index (χ3v) is 2.98. The van der Waals surface area contributed by atoms with E-state index in [4.69, 9.17) is 5.84 Å². The van der Waals surface area contributed by atoms with Gasteiger partial charge in [-0.2, -0.15) is 0 Å². The van der Waals surface area contributed by atoms with Gasteiger partial charge in [0.25, 0.3) is 0 Å². The normalized spacial score (nSPS) is 13.2. The number of hydrogen-bond donors (Lipinski definition) is 2. The van der Waals surface area contributed by atoms with Crippen molar-refractivity contribution in [1.29, 1.82) is 0 Å². The molecular formula is C9H16N2S. The minimum Gasteiger partial charge on any atom is -0.271 e. The van der Waals surface area contributed by atoms with E-state index in [1.54, 1.807) is 0 Å². The van der Waals surface area contributed by atoms with Crippen molar-refractivity contribution < 1.29 is 0 Å². The van der Waals surface area contributed by atoms with E-state index in [0.717, 1.165) is 19.3 Å². The Balaban J connectivity index is 2.25. The number of thiophene rings is 1. The van der Waals surface area contributed by atoms with Crippen molar-refractivity contribution in [3.63, 3.8) is 0 Å². The van der Waals surface area contributed by atoms with Crippen molar-refractivity contribution in [1.82, 2.24) is 5.43 Å². The lowest BCUT2D eigenvalue weighted by Gasteiger charge is -2.11. The molecule has 3 N–H and O–H groups in total. The first-order chi connectivity index (χ1) is 5.86. The van der Waals surface area contributed by atoms with E-state index in [-0.39, 0.29) is 0 Å². The standard InChI is InChI=1S/C9H16N2S/c1-2-8(11-10)5-6-9-4-3-7-12-9/h3-4,7-8,11H,2,5-6,10H2,1H3. The molecule has 0 aliphatic carbocycles. The summed E-state index contributed by atoms with van der Waals surface area (Å²) in [6.07, 6.45) is 3.37. The van der Waals surface area contributed by atoms with Crippen LogP contribution >= 0.6 is 11.3 Å². The van der Waals surface area contributed by atoms with Gasteiger partial charge in [0.15, 0.2) is 0 Å². The van der Waals surface area contributed by atoms with Crippen LogP contribution in [0.5, 0.6) is 0 Å². The number of nitrogens with two attached hydrogens (primary N) is 1. The van der Waals surface area contributed by atoms with Crippen molar-refractivity contribution in [3.8, 4) is 0 Å². The Labute approximate surface area is 77.8 Å². The Bertz CT molecular complexity index is 192. The lowest BCUT2D eigenvalue weighted by Crippen LogP contribution is -2.34. The lowest BCUT2D eigenvalue weighted by atomic mass is 10.1. The summed E-state index contributed by atoms with van der Waals surface area (Å²) in [6.45, 7) is 2.15. The molecule has 0 saturated heterocycles. The minimum absolute atomic E-state index is 0.465. The highest BCUT2D eigenvalue weighted by Gasteiger charge is 2.03. The zero-order valence-corrected chi connectivity index (χ0v) is 8.23. The molecule has 0 aliphatic heterocycles. The predicted octanol–water partition coefficient (Wildman–Crippen LogP) is 1.92. The summed E-state index contributed by atoms with van der Waals surface area (Å²) in [5.41, 5.74) is 2.82. The fourth-order valence-electron chi connectivity index (χ4n) is 1.18. The number of hydrogen-bond acceptors (Lipinski definition) is 3. The summed E-state index contributed by atoms with van der Waals surface area (Å²) in [5.74, 6) is 5.38. The molecule has 1 aromatic heterocycles. The molecule has 0 radical (unpaired) electrons. The maximum Gasteiger partial charge on any atom is 0.0211 e. The quantitative estimate of drug-likeness (QED) is 0.542. The number of aryl methyl sites for hydroxylation is 1. The third-order valence-electron chi connectivity index (χ3n) is 2.05. The number of hydrazine groups is 1. The highest BCUT2D eigenvalue weighted by Crippen LogP contribution is 2.12. The average molecular weight is 184 g/mol. The van der Waals surface area contributed by atoms with Crippen LogP contribution < -0.4 is 11.3 Å². The van der Waals surface area contributed by atoms with Crippen LogP contribution in [0, 0.1) is 0 Å². The second-order valence-electron chi connectivity index (χ2n) is 2.89. The molecule has 3 heteroatoms. The van der Waals surface area contributed by atoms with Crippen LogP contribution in [0.15, 0.2) is 17.5 Å². The van der Waals surface area contributed by atoms with Crippen LogP contribution in [0.4, 0.5) is 0 Å². The summed E-state index contributed by atoms with van der Waals surface area (Å²) < 4.78 is 0. The van der Waals surface area contributed by atoms with E-state index in [0.29, 0.717) is 6.04 Å². The van der Waals surface area contributed by atoms with Crippen LogP contribution in [-0.4, -0.2) is 6.04 Å². The zero-order chi connectivity index (χ0) is 8.81. The molecule has 12 heavy (non-hydrogen) atoms. The summed E-state index contributed by atoms with van der Waals surface area (Å²) >= 11 is 1.82. The van der Waals surface area contributed by atoms with E-state index >= 15 is 0 Å². The molecule has 0 aliphatic rings. The molecular weight excluding hydrogens is 168 g/mol. The van der Waals surface area contributed by atoms with Crippen LogP contribution in [0.1, 0.15) is 24.6 Å². The van der Waals surface area contributed by atoms with Crippen LogP contribution in [-0.2, 0) is 6.42 Å². The molecule has 0 fully saturated rings. The summed E-state index contributed by atoms with van der Waals surface area (Å²) in [5, 5.41) is 2.12. The van der Waals surface area contributed by atoms with Gasteiger partial charge in [0.2, 0.25) is 0 Å². The van der Waals surface area contributed by atoms with Crippen LogP contribution in [0.2, 0.25) is 0 Å². The van der Waals surface area contributed by atoms with Gasteiger partial charge in [-0.3, -0.25) is 11.3 Å². The van der Waals surface area contributed by atoms with Gasteiger partial charge in [-0.15, -0.1) is 11.3 Å². The van der Waals surface area contributed by atoms with E-state index < -0.39 is 0 Å². The first-order valence-corrected chi connectivity index (χ1v) is 5.23. The molecule has 0 aromatic carbocycles. The van der Waals surface area contributed by atoms with Gasteiger partial charge in [-0.05, 0) is 30.7 Å². The molecule has 68 valence electrons. The highest BCUT2D eigenvalue weighted by molar-refractivity contribution is 7.09.